The third-order valence-electron chi connectivity index (χ3n) is 4.50. The molecule has 9 heteroatoms. The van der Waals surface area contributed by atoms with Crippen molar-refractivity contribution < 1.29 is 19.0 Å². The van der Waals surface area contributed by atoms with Crippen molar-refractivity contribution in [1.29, 1.82) is 0 Å². The summed E-state index contributed by atoms with van der Waals surface area (Å²) < 4.78 is 15.7. The Morgan fingerprint density at radius 1 is 1.24 bits per heavy atom. The van der Waals surface area contributed by atoms with E-state index in [0.29, 0.717) is 32.3 Å². The number of amides is 1. The maximum Gasteiger partial charge on any atom is 0.409 e. The van der Waals surface area contributed by atoms with Crippen LogP contribution in [0.25, 0.3) is 0 Å². The van der Waals surface area contributed by atoms with Gasteiger partial charge in [0.1, 0.15) is 11.5 Å². The van der Waals surface area contributed by atoms with Gasteiger partial charge in [0.15, 0.2) is 5.96 Å². The van der Waals surface area contributed by atoms with E-state index in [1.807, 2.05) is 31.2 Å². The molecule has 2 N–H and O–H groups in total. The zero-order valence-electron chi connectivity index (χ0n) is 17.5. The van der Waals surface area contributed by atoms with Crippen LogP contribution in [0.1, 0.15) is 26.2 Å². The van der Waals surface area contributed by atoms with Gasteiger partial charge in [0.2, 0.25) is 0 Å². The van der Waals surface area contributed by atoms with Crippen molar-refractivity contribution in [3.63, 3.8) is 0 Å². The minimum Gasteiger partial charge on any atom is -0.497 e. The molecule has 1 heterocycles. The molecule has 1 amide bonds. The minimum atomic E-state index is -0.255. The Hall–Kier alpha value is -1.91. The number of nitrogens with one attached hydrogen (secondary N) is 2. The number of halogens is 1. The van der Waals surface area contributed by atoms with E-state index < -0.39 is 0 Å². The predicted molar refractivity (Wildman–Crippen MR) is 125 cm³/mol. The predicted octanol–water partition coefficient (Wildman–Crippen LogP) is 2.87. The van der Waals surface area contributed by atoms with Crippen molar-refractivity contribution in [2.45, 2.75) is 32.2 Å². The summed E-state index contributed by atoms with van der Waals surface area (Å²) in [5.74, 6) is 2.39. The van der Waals surface area contributed by atoms with Gasteiger partial charge in [-0.05, 0) is 31.9 Å². The SMILES string of the molecule is CCNC(=NCCCOc1cccc(OC)c1)NC1CCN(C(=O)OC)CC1.I. The summed E-state index contributed by atoms with van der Waals surface area (Å²) in [5, 5.41) is 6.74. The van der Waals surface area contributed by atoms with Crippen LogP contribution in [0.5, 0.6) is 11.5 Å². The summed E-state index contributed by atoms with van der Waals surface area (Å²) in [7, 11) is 3.06. The van der Waals surface area contributed by atoms with Crippen LogP contribution in [0, 0.1) is 0 Å². The van der Waals surface area contributed by atoms with E-state index in [-0.39, 0.29) is 30.1 Å². The number of methoxy groups -OCH3 is 2. The highest BCUT2D eigenvalue weighted by Crippen LogP contribution is 2.18. The third-order valence-corrected chi connectivity index (χ3v) is 4.50. The van der Waals surface area contributed by atoms with Crippen molar-refractivity contribution in [3.8, 4) is 11.5 Å². The summed E-state index contributed by atoms with van der Waals surface area (Å²) in [6, 6.07) is 7.88. The van der Waals surface area contributed by atoms with Crippen LogP contribution in [-0.4, -0.2) is 70.0 Å². The molecule has 1 aliphatic rings. The number of likely N-dealkylation sites (tertiary alicyclic amines) is 1. The molecule has 1 aromatic carbocycles. The van der Waals surface area contributed by atoms with Gasteiger partial charge in [-0.15, -0.1) is 24.0 Å². The first-order valence-electron chi connectivity index (χ1n) is 9.80. The number of hydrogen-bond donors (Lipinski definition) is 2. The first kappa shape index (κ1) is 25.1. The Kier molecular flexibility index (Phi) is 12.2. The topological polar surface area (TPSA) is 84.4 Å². The number of piperidine rings is 1. The summed E-state index contributed by atoms with van der Waals surface area (Å²) >= 11 is 0. The van der Waals surface area contributed by atoms with Gasteiger partial charge in [-0.3, -0.25) is 4.99 Å². The van der Waals surface area contributed by atoms with Gasteiger partial charge in [0, 0.05) is 44.7 Å². The van der Waals surface area contributed by atoms with Crippen LogP contribution >= 0.6 is 24.0 Å². The highest BCUT2D eigenvalue weighted by molar-refractivity contribution is 14.0. The van der Waals surface area contributed by atoms with E-state index in [2.05, 4.69) is 15.6 Å². The molecule has 0 bridgehead atoms. The van der Waals surface area contributed by atoms with E-state index in [1.54, 1.807) is 12.0 Å². The first-order chi connectivity index (χ1) is 13.7. The van der Waals surface area contributed by atoms with Crippen molar-refractivity contribution in [3.05, 3.63) is 24.3 Å². The highest BCUT2D eigenvalue weighted by atomic mass is 127. The van der Waals surface area contributed by atoms with Crippen LogP contribution in [-0.2, 0) is 4.74 Å². The third kappa shape index (κ3) is 8.97. The first-order valence-corrected chi connectivity index (χ1v) is 9.80. The van der Waals surface area contributed by atoms with Crippen LogP contribution in [0.3, 0.4) is 0 Å². The average Bonchev–Trinajstić information content (AvgIpc) is 2.73. The van der Waals surface area contributed by atoms with Crippen LogP contribution in [0.15, 0.2) is 29.3 Å². The molecule has 29 heavy (non-hydrogen) atoms. The lowest BCUT2D eigenvalue weighted by atomic mass is 10.1. The largest absolute Gasteiger partial charge is 0.497 e. The number of guanidine groups is 1. The van der Waals surface area contributed by atoms with Crippen LogP contribution < -0.4 is 20.1 Å². The van der Waals surface area contributed by atoms with Gasteiger partial charge in [-0.2, -0.15) is 0 Å². The molecule has 0 radical (unpaired) electrons. The van der Waals surface area contributed by atoms with Crippen molar-refractivity contribution >= 4 is 36.0 Å². The number of nitrogens with zero attached hydrogens (tertiary/aromatic N) is 2. The number of carbonyl (C=O) groups excluding carboxylic acids is 1. The van der Waals surface area contributed by atoms with E-state index in [9.17, 15) is 4.79 Å². The van der Waals surface area contributed by atoms with E-state index in [4.69, 9.17) is 14.2 Å². The second-order valence-corrected chi connectivity index (χ2v) is 6.52. The number of benzene rings is 1. The second kappa shape index (κ2) is 14.1. The van der Waals surface area contributed by atoms with Crippen LogP contribution in [0.4, 0.5) is 4.79 Å². The summed E-state index contributed by atoms with van der Waals surface area (Å²) in [6.07, 6.45) is 2.31. The normalized spacial score (nSPS) is 14.6. The zero-order valence-corrected chi connectivity index (χ0v) is 19.8. The number of ether oxygens (including phenoxy) is 3. The van der Waals surface area contributed by atoms with Crippen LogP contribution in [0.2, 0.25) is 0 Å². The molecule has 1 aromatic rings. The monoisotopic (exact) mass is 520 g/mol. The Morgan fingerprint density at radius 3 is 2.62 bits per heavy atom. The molecule has 164 valence electrons. The smallest absolute Gasteiger partial charge is 0.409 e. The van der Waals surface area contributed by atoms with Crippen molar-refractivity contribution in [2.24, 2.45) is 4.99 Å². The summed E-state index contributed by atoms with van der Waals surface area (Å²) in [5.41, 5.74) is 0. The Bertz CT molecular complexity index is 637. The van der Waals surface area contributed by atoms with Gasteiger partial charge >= 0.3 is 6.09 Å². The van der Waals surface area contributed by atoms with Gasteiger partial charge in [-0.1, -0.05) is 6.07 Å². The lowest BCUT2D eigenvalue weighted by molar-refractivity contribution is 0.111. The van der Waals surface area contributed by atoms with Crippen molar-refractivity contribution in [1.82, 2.24) is 15.5 Å². The van der Waals surface area contributed by atoms with E-state index in [1.165, 1.54) is 7.11 Å². The number of hydrogen-bond acceptors (Lipinski definition) is 5. The molecular formula is C20H33IN4O4. The Morgan fingerprint density at radius 2 is 1.97 bits per heavy atom. The molecular weight excluding hydrogens is 487 g/mol. The van der Waals surface area contributed by atoms with Gasteiger partial charge in [0.25, 0.3) is 0 Å². The van der Waals surface area contributed by atoms with Gasteiger partial charge in [-0.25, -0.2) is 4.79 Å². The highest BCUT2D eigenvalue weighted by Gasteiger charge is 2.23. The van der Waals surface area contributed by atoms with Crippen molar-refractivity contribution in [2.75, 3.05) is 47.0 Å². The zero-order chi connectivity index (χ0) is 20.2. The molecule has 2 rings (SSSR count). The number of carbonyl (C=O) groups is 1. The fourth-order valence-electron chi connectivity index (χ4n) is 2.99. The molecule has 1 aliphatic heterocycles. The second-order valence-electron chi connectivity index (χ2n) is 6.52. The Labute approximate surface area is 190 Å². The minimum absolute atomic E-state index is 0. The molecule has 0 atom stereocenters. The lowest BCUT2D eigenvalue weighted by Gasteiger charge is -2.32. The van der Waals surface area contributed by atoms with Gasteiger partial charge < -0.3 is 29.7 Å². The molecule has 0 aliphatic carbocycles. The quantitative estimate of drug-likeness (QED) is 0.238. The molecule has 0 saturated carbocycles. The molecule has 0 aromatic heterocycles. The molecule has 0 unspecified atom stereocenters. The maximum atomic E-state index is 11.6. The number of rotatable bonds is 8. The number of aliphatic imine (C=N–C) groups is 1. The average molecular weight is 520 g/mol. The fourth-order valence-corrected chi connectivity index (χ4v) is 2.99. The van der Waals surface area contributed by atoms with E-state index in [0.717, 1.165) is 43.3 Å². The summed E-state index contributed by atoms with van der Waals surface area (Å²) in [6.45, 7) is 5.49. The fraction of sp³-hybridized carbons (Fsp3) is 0.600. The van der Waals surface area contributed by atoms with E-state index >= 15 is 0 Å². The summed E-state index contributed by atoms with van der Waals surface area (Å²) in [4.78, 5) is 17.9. The maximum absolute atomic E-state index is 11.6. The standard InChI is InChI=1S/C20H32N4O4.HI/c1-4-21-19(23-16-9-12-24(13-10-16)20(25)27-3)22-11-6-14-28-18-8-5-7-17(15-18)26-2;/h5,7-8,15-16H,4,6,9-14H2,1-3H3,(H2,21,22,23);1H. The molecule has 0 spiro atoms. The van der Waals surface area contributed by atoms with Gasteiger partial charge in [0.05, 0.1) is 20.8 Å². The molecule has 1 fully saturated rings. The molecule has 8 nitrogen and oxygen atoms in total. The molecule has 1 saturated heterocycles. The Balaban J connectivity index is 0.00000420. The lowest BCUT2D eigenvalue weighted by Crippen LogP contribution is -2.49.